The maximum absolute atomic E-state index is 11.9. The Morgan fingerprint density at radius 3 is 1.61 bits per heavy atom. The molecule has 0 spiro atoms. The lowest BCUT2D eigenvalue weighted by Gasteiger charge is -2.08. The van der Waals surface area contributed by atoms with E-state index in [2.05, 4.69) is 42.5 Å². The summed E-state index contributed by atoms with van der Waals surface area (Å²) in [6.07, 6.45) is 15.0. The average molecular weight is 487 g/mol. The number of rotatable bonds is 18. The normalized spacial score (nSPS) is 10.8. The number of esters is 1. The third kappa shape index (κ3) is 11.1. The van der Waals surface area contributed by atoms with Gasteiger partial charge >= 0.3 is 5.97 Å². The fraction of sp³-hybridized carbons (Fsp3) is 0.424. The van der Waals surface area contributed by atoms with Gasteiger partial charge in [-0.05, 0) is 48.2 Å². The van der Waals surface area contributed by atoms with Crippen LogP contribution in [0.1, 0.15) is 87.4 Å². The first-order valence-electron chi connectivity index (χ1n) is 13.8. The number of ether oxygens (including phenoxy) is 2. The third-order valence-corrected chi connectivity index (χ3v) is 6.49. The lowest BCUT2D eigenvalue weighted by Crippen LogP contribution is -2.06. The summed E-state index contributed by atoms with van der Waals surface area (Å²) in [6.45, 7) is 1.32. The highest BCUT2D eigenvalue weighted by Crippen LogP contribution is 2.23. The van der Waals surface area contributed by atoms with E-state index in [0.29, 0.717) is 12.2 Å². The van der Waals surface area contributed by atoms with Crippen molar-refractivity contribution in [3.05, 3.63) is 90.5 Å². The van der Waals surface area contributed by atoms with E-state index in [1.54, 1.807) is 12.1 Å². The molecule has 0 amide bonds. The largest absolute Gasteiger partial charge is 0.494 e. The van der Waals surface area contributed by atoms with Crippen LogP contribution in [0.3, 0.4) is 0 Å². The first-order chi connectivity index (χ1) is 17.8. The standard InChI is InChI=1S/C33H42O3/c34-33(30-22-15-12-16-23-30)36-27-18-10-8-6-4-2-1-3-5-7-9-17-26-35-32-25-19-24-31(28-32)29-20-13-11-14-21-29/h11-16,19-25,28H,1-10,17-18,26-27H2. The van der Waals surface area contributed by atoms with Crippen molar-refractivity contribution in [1.29, 1.82) is 0 Å². The highest BCUT2D eigenvalue weighted by Gasteiger charge is 2.05. The molecule has 0 aliphatic heterocycles. The first kappa shape index (κ1) is 27.5. The van der Waals surface area contributed by atoms with Gasteiger partial charge in [-0.2, -0.15) is 0 Å². The van der Waals surface area contributed by atoms with Gasteiger partial charge in [-0.15, -0.1) is 0 Å². The molecule has 0 fully saturated rings. The van der Waals surface area contributed by atoms with Crippen LogP contribution < -0.4 is 4.74 Å². The third-order valence-electron chi connectivity index (χ3n) is 6.49. The van der Waals surface area contributed by atoms with Crippen LogP contribution in [-0.2, 0) is 4.74 Å². The van der Waals surface area contributed by atoms with Gasteiger partial charge < -0.3 is 9.47 Å². The van der Waals surface area contributed by atoms with Crippen LogP contribution in [0.4, 0.5) is 0 Å². The summed E-state index contributed by atoms with van der Waals surface area (Å²) in [4.78, 5) is 11.9. The van der Waals surface area contributed by atoms with Crippen molar-refractivity contribution in [3.63, 3.8) is 0 Å². The maximum Gasteiger partial charge on any atom is 0.338 e. The van der Waals surface area contributed by atoms with Crippen molar-refractivity contribution in [3.8, 4) is 16.9 Å². The van der Waals surface area contributed by atoms with E-state index in [0.717, 1.165) is 31.6 Å². The second kappa shape index (κ2) is 17.4. The van der Waals surface area contributed by atoms with Gasteiger partial charge in [0.25, 0.3) is 0 Å². The van der Waals surface area contributed by atoms with Crippen LogP contribution >= 0.6 is 0 Å². The van der Waals surface area contributed by atoms with Gasteiger partial charge in [0.05, 0.1) is 18.8 Å². The van der Waals surface area contributed by atoms with Crippen molar-refractivity contribution in [1.82, 2.24) is 0 Å². The SMILES string of the molecule is O=C(OCCCCCCCCCCCCCCOc1cccc(-c2ccccc2)c1)c1ccccc1. The first-order valence-corrected chi connectivity index (χ1v) is 13.8. The summed E-state index contributed by atoms with van der Waals surface area (Å²) in [6, 6.07) is 28.1. The van der Waals surface area contributed by atoms with Crippen LogP contribution in [0.25, 0.3) is 11.1 Å². The Kier molecular flexibility index (Phi) is 13.3. The van der Waals surface area contributed by atoms with Gasteiger partial charge in [-0.1, -0.05) is 125 Å². The molecule has 3 rings (SSSR count). The zero-order valence-corrected chi connectivity index (χ0v) is 21.7. The molecule has 0 radical (unpaired) electrons. The van der Waals surface area contributed by atoms with Crippen LogP contribution in [0.2, 0.25) is 0 Å². The number of unbranched alkanes of at least 4 members (excludes halogenated alkanes) is 11. The summed E-state index contributed by atoms with van der Waals surface area (Å²) < 4.78 is 11.3. The molecule has 0 saturated heterocycles. The molecule has 0 atom stereocenters. The van der Waals surface area contributed by atoms with E-state index in [-0.39, 0.29) is 5.97 Å². The Morgan fingerprint density at radius 1 is 0.500 bits per heavy atom. The number of hydrogen-bond donors (Lipinski definition) is 0. The number of carbonyl (C=O) groups excluding carboxylic acids is 1. The van der Waals surface area contributed by atoms with Crippen molar-refractivity contribution in [2.45, 2.75) is 77.0 Å². The molecular weight excluding hydrogens is 444 g/mol. The number of benzene rings is 3. The van der Waals surface area contributed by atoms with E-state index < -0.39 is 0 Å². The van der Waals surface area contributed by atoms with Crippen molar-refractivity contribution in [2.24, 2.45) is 0 Å². The second-order valence-corrected chi connectivity index (χ2v) is 9.49. The predicted molar refractivity (Wildman–Crippen MR) is 150 cm³/mol. The van der Waals surface area contributed by atoms with Crippen LogP contribution in [0, 0.1) is 0 Å². The van der Waals surface area contributed by atoms with E-state index >= 15 is 0 Å². The molecule has 0 bridgehead atoms. The zero-order chi connectivity index (χ0) is 25.1. The lowest BCUT2D eigenvalue weighted by molar-refractivity contribution is 0.0497. The Morgan fingerprint density at radius 2 is 1.00 bits per heavy atom. The fourth-order valence-corrected chi connectivity index (χ4v) is 4.38. The van der Waals surface area contributed by atoms with Crippen LogP contribution in [0.5, 0.6) is 5.75 Å². The molecule has 36 heavy (non-hydrogen) atoms. The summed E-state index contributed by atoms with van der Waals surface area (Å²) in [7, 11) is 0. The molecule has 192 valence electrons. The molecule has 0 aromatic heterocycles. The number of carbonyl (C=O) groups is 1. The van der Waals surface area contributed by atoms with E-state index in [1.807, 2.05) is 30.3 Å². The minimum absolute atomic E-state index is 0.211. The molecule has 3 aromatic carbocycles. The minimum atomic E-state index is -0.211. The molecule has 0 N–H and O–H groups in total. The van der Waals surface area contributed by atoms with Gasteiger partial charge in [0, 0.05) is 0 Å². The smallest absolute Gasteiger partial charge is 0.338 e. The Bertz CT molecular complexity index is 968. The molecule has 3 heteroatoms. The topological polar surface area (TPSA) is 35.5 Å². The summed E-state index contributed by atoms with van der Waals surface area (Å²) in [5, 5.41) is 0. The van der Waals surface area contributed by atoms with Gasteiger partial charge in [-0.25, -0.2) is 4.79 Å². The lowest BCUT2D eigenvalue weighted by atomic mass is 10.1. The molecule has 3 aromatic rings. The van der Waals surface area contributed by atoms with Crippen molar-refractivity contribution >= 4 is 5.97 Å². The van der Waals surface area contributed by atoms with E-state index in [1.165, 1.54) is 68.9 Å². The quantitative estimate of drug-likeness (QED) is 0.133. The molecule has 0 aliphatic rings. The second-order valence-electron chi connectivity index (χ2n) is 9.49. The van der Waals surface area contributed by atoms with E-state index in [4.69, 9.17) is 9.47 Å². The molecule has 0 aliphatic carbocycles. The van der Waals surface area contributed by atoms with Crippen molar-refractivity contribution < 1.29 is 14.3 Å². The van der Waals surface area contributed by atoms with Gasteiger partial charge in [0.15, 0.2) is 0 Å². The van der Waals surface area contributed by atoms with Gasteiger partial charge in [0.1, 0.15) is 5.75 Å². The van der Waals surface area contributed by atoms with E-state index in [9.17, 15) is 4.79 Å². The summed E-state index contributed by atoms with van der Waals surface area (Å²) in [5.41, 5.74) is 3.07. The highest BCUT2D eigenvalue weighted by atomic mass is 16.5. The summed E-state index contributed by atoms with van der Waals surface area (Å²) in [5.74, 6) is 0.751. The fourth-order valence-electron chi connectivity index (χ4n) is 4.38. The zero-order valence-electron chi connectivity index (χ0n) is 21.7. The maximum atomic E-state index is 11.9. The molecule has 0 heterocycles. The van der Waals surface area contributed by atoms with Crippen LogP contribution in [-0.4, -0.2) is 19.2 Å². The van der Waals surface area contributed by atoms with Crippen LogP contribution in [0.15, 0.2) is 84.9 Å². The molecule has 3 nitrogen and oxygen atoms in total. The van der Waals surface area contributed by atoms with Crippen molar-refractivity contribution in [2.75, 3.05) is 13.2 Å². The Balaban J connectivity index is 1.08. The highest BCUT2D eigenvalue weighted by molar-refractivity contribution is 5.89. The molecular formula is C33H42O3. The monoisotopic (exact) mass is 486 g/mol. The molecule has 0 unspecified atom stereocenters. The minimum Gasteiger partial charge on any atom is -0.494 e. The molecule has 0 saturated carbocycles. The predicted octanol–water partition coefficient (Wildman–Crippen LogP) is 9.27. The summed E-state index contributed by atoms with van der Waals surface area (Å²) >= 11 is 0. The Labute approximate surface area is 217 Å². The van der Waals surface area contributed by atoms with Gasteiger partial charge in [-0.3, -0.25) is 0 Å². The Hall–Kier alpha value is -3.07. The average Bonchev–Trinajstić information content (AvgIpc) is 2.94. The van der Waals surface area contributed by atoms with Gasteiger partial charge in [0.2, 0.25) is 0 Å². The number of hydrogen-bond acceptors (Lipinski definition) is 3.